The van der Waals surface area contributed by atoms with Crippen LogP contribution in [0.5, 0.6) is 0 Å². The first-order chi connectivity index (χ1) is 15.5. The molecule has 0 aromatic heterocycles. The molecule has 0 spiro atoms. The van der Waals surface area contributed by atoms with Crippen molar-refractivity contribution in [1.29, 1.82) is 0 Å². The van der Waals surface area contributed by atoms with Gasteiger partial charge in [0.15, 0.2) is 0 Å². The summed E-state index contributed by atoms with van der Waals surface area (Å²) >= 11 is 0. The van der Waals surface area contributed by atoms with E-state index < -0.39 is 24.1 Å². The molecule has 6 atom stereocenters. The van der Waals surface area contributed by atoms with Crippen LogP contribution in [0, 0.1) is 40.8 Å². The minimum Gasteiger partial charge on any atom is -0.595 e. The second-order valence-electron chi connectivity index (χ2n) is 8.95. The second-order valence-corrected chi connectivity index (χ2v) is 13.3. The Morgan fingerprint density at radius 3 is 0.824 bits per heavy atom. The molecule has 0 aromatic rings. The summed E-state index contributed by atoms with van der Waals surface area (Å²) in [5.74, 6) is 0. The van der Waals surface area contributed by atoms with Crippen molar-refractivity contribution >= 4 is 24.1 Å². The van der Waals surface area contributed by atoms with Gasteiger partial charge in [-0.1, -0.05) is 92.3 Å². The number of rotatable bonds is 18. The molecule has 0 heterocycles. The summed E-state index contributed by atoms with van der Waals surface area (Å²) in [6, 6.07) is 0. The van der Waals surface area contributed by atoms with Crippen LogP contribution in [0.25, 0.3) is 0 Å². The van der Waals surface area contributed by atoms with E-state index in [1.165, 1.54) is 57.8 Å². The Hall–Kier alpha value is 1.53. The summed E-state index contributed by atoms with van der Waals surface area (Å²) in [6.07, 6.45) is 16.5. The second kappa shape index (κ2) is 32.6. The van der Waals surface area contributed by atoms with Gasteiger partial charge in [-0.15, -0.1) is 0 Å². The minimum absolute atomic E-state index is 0. The summed E-state index contributed by atoms with van der Waals surface area (Å²) in [6.45, 7) is 11.8. The van der Waals surface area contributed by atoms with E-state index in [4.69, 9.17) is 0 Å². The van der Waals surface area contributed by atoms with Crippen molar-refractivity contribution in [3.63, 3.8) is 0 Å². The fourth-order valence-electron chi connectivity index (χ4n) is 2.92. The van der Waals surface area contributed by atoms with Gasteiger partial charge in [0.25, 0.3) is 0 Å². The normalized spacial score (nSPS) is 14.2. The van der Waals surface area contributed by atoms with Gasteiger partial charge in [0, 0.05) is 0 Å². The molecule has 6 unspecified atom stereocenters. The Morgan fingerprint density at radius 1 is 0.471 bits per heavy atom. The molecule has 10 heteroatoms. The van der Waals surface area contributed by atoms with Crippen molar-refractivity contribution in [2.24, 2.45) is 0 Å². The first kappa shape index (κ1) is 42.6. The molecule has 0 bridgehead atoms. The van der Waals surface area contributed by atoms with Crippen molar-refractivity contribution in [2.45, 2.75) is 155 Å². The summed E-state index contributed by atoms with van der Waals surface area (Å²) in [4.78, 5) is 31.2. The van der Waals surface area contributed by atoms with E-state index in [0.29, 0.717) is 0 Å². The zero-order chi connectivity index (χ0) is 26.1. The zero-order valence-corrected chi connectivity index (χ0v) is 28.5. The molecule has 34 heavy (non-hydrogen) atoms. The Balaban J connectivity index is -0.000000196. The largest absolute Gasteiger partial charge is 3.00 e. The third-order valence-corrected chi connectivity index (χ3v) is 8.44. The summed E-state index contributed by atoms with van der Waals surface area (Å²) in [5.41, 5.74) is -0.370. The molecular formula is C24H51NdO6P3+3. The van der Waals surface area contributed by atoms with E-state index in [0.717, 1.165) is 38.5 Å². The number of unbranched alkanes of at least 4 members (excludes halogenated alkanes) is 9. The van der Waals surface area contributed by atoms with Crippen molar-refractivity contribution < 1.29 is 69.2 Å². The maximum absolute atomic E-state index is 10.4. The van der Waals surface area contributed by atoms with Crippen LogP contribution in [0.4, 0.5) is 0 Å². The number of hydrogen-bond acceptors (Lipinski definition) is 6. The molecule has 0 fully saturated rings. The maximum atomic E-state index is 10.4. The van der Waals surface area contributed by atoms with Crippen LogP contribution < -0.4 is 14.7 Å². The topological polar surface area (TPSA) is 120 Å². The molecule has 0 saturated carbocycles. The predicted octanol–water partition coefficient (Wildman–Crippen LogP) is 7.34. The molecule has 6 nitrogen and oxygen atoms in total. The van der Waals surface area contributed by atoms with Crippen LogP contribution in [0.1, 0.15) is 138 Å². The van der Waals surface area contributed by atoms with Gasteiger partial charge in [-0.05, 0) is 59.3 Å². The molecule has 0 amide bonds. The monoisotopic (exact) mass is 670 g/mol. The average molecular weight is 673 g/mol. The van der Waals surface area contributed by atoms with E-state index in [1.54, 1.807) is 20.8 Å². The Bertz CT molecular complexity index is 417. The summed E-state index contributed by atoms with van der Waals surface area (Å²) in [7, 11) is -6.55. The molecular weight excluding hydrogens is 621 g/mol. The zero-order valence-electron chi connectivity index (χ0n) is 22.6. The van der Waals surface area contributed by atoms with Crippen LogP contribution in [-0.4, -0.2) is 17.0 Å². The van der Waals surface area contributed by atoms with E-state index in [2.05, 4.69) is 20.8 Å². The third kappa shape index (κ3) is 35.7. The van der Waals surface area contributed by atoms with Crippen LogP contribution in [-0.2, 0) is 13.7 Å². The van der Waals surface area contributed by atoms with Gasteiger partial charge in [-0.25, -0.2) is 0 Å². The fourth-order valence-corrected chi connectivity index (χ4v) is 4.10. The summed E-state index contributed by atoms with van der Waals surface area (Å²) in [5, 5.41) is 0. The van der Waals surface area contributed by atoms with Crippen molar-refractivity contribution in [3.8, 4) is 0 Å². The van der Waals surface area contributed by atoms with Crippen LogP contribution in [0.2, 0.25) is 0 Å². The van der Waals surface area contributed by atoms with Gasteiger partial charge < -0.3 is 14.7 Å². The number of hydrogen-bond donors (Lipinski definition) is 0. The molecule has 0 aromatic carbocycles. The van der Waals surface area contributed by atoms with Gasteiger partial charge in [0.2, 0.25) is 0 Å². The quantitative estimate of drug-likeness (QED) is 0.111. The van der Waals surface area contributed by atoms with Crippen molar-refractivity contribution in [2.75, 3.05) is 0 Å². The molecule has 0 rings (SSSR count). The fraction of sp³-hybridized carbons (Fsp3) is 1.00. The summed E-state index contributed by atoms with van der Waals surface area (Å²) < 4.78 is 31.2. The molecule has 0 saturated heterocycles. The van der Waals surface area contributed by atoms with E-state index >= 15 is 0 Å². The standard InChI is InChI=1S/3C8H17O2P.Nd/c3*1-3-4-5-6-7-8(2)11(9)10;/h3*8H,3-7H2,1-2H3;/q;;;+3. The SMILES string of the molecule is CCCCCCC(C)[P+](=O)[O-].CCCCCCC(C)[P+](=O)[O-].CCCCCCC(C)[P+](=O)[O-].[Nd+3]. The van der Waals surface area contributed by atoms with Gasteiger partial charge in [0.1, 0.15) is 17.0 Å². The average Bonchev–Trinajstić information content (AvgIpc) is 2.77. The molecule has 0 aliphatic carbocycles. The Labute approximate surface area is 246 Å². The predicted molar refractivity (Wildman–Crippen MR) is 137 cm³/mol. The van der Waals surface area contributed by atoms with Crippen molar-refractivity contribution in [1.82, 2.24) is 0 Å². The van der Waals surface area contributed by atoms with Crippen LogP contribution >= 0.6 is 24.1 Å². The van der Waals surface area contributed by atoms with Gasteiger partial charge in [-0.3, -0.25) is 0 Å². The van der Waals surface area contributed by atoms with Crippen molar-refractivity contribution in [3.05, 3.63) is 0 Å². The minimum atomic E-state index is -2.18. The molecule has 1 radical (unpaired) electrons. The Kier molecular flexibility index (Phi) is 40.8. The van der Waals surface area contributed by atoms with E-state index in [9.17, 15) is 28.4 Å². The van der Waals surface area contributed by atoms with Gasteiger partial charge in [0.05, 0.1) is 0 Å². The molecule has 0 aliphatic heterocycles. The third-order valence-electron chi connectivity index (χ3n) is 5.51. The molecule has 0 aliphatic rings. The van der Waals surface area contributed by atoms with E-state index in [-0.39, 0.29) is 57.8 Å². The maximum Gasteiger partial charge on any atom is 3.00 e. The first-order valence-electron chi connectivity index (χ1n) is 12.9. The molecule has 0 N–H and O–H groups in total. The van der Waals surface area contributed by atoms with Gasteiger partial charge >= 0.3 is 64.9 Å². The molecule has 199 valence electrons. The van der Waals surface area contributed by atoms with Gasteiger partial charge in [-0.2, -0.15) is 0 Å². The van der Waals surface area contributed by atoms with E-state index in [1.807, 2.05) is 0 Å². The van der Waals surface area contributed by atoms with Crippen LogP contribution in [0.15, 0.2) is 0 Å². The Morgan fingerprint density at radius 2 is 0.676 bits per heavy atom. The smallest absolute Gasteiger partial charge is 0.595 e. The first-order valence-corrected chi connectivity index (χ1v) is 16.7. The van der Waals surface area contributed by atoms with Crippen LogP contribution in [0.3, 0.4) is 0 Å².